The van der Waals surface area contributed by atoms with E-state index >= 15 is 0 Å². The Bertz CT molecular complexity index is 556. The van der Waals surface area contributed by atoms with Crippen molar-refractivity contribution >= 4 is 0 Å². The summed E-state index contributed by atoms with van der Waals surface area (Å²) < 4.78 is 11.0. The molecule has 0 bridgehead atoms. The van der Waals surface area contributed by atoms with Gasteiger partial charge in [-0.1, -0.05) is 20.8 Å². The number of ether oxygens (including phenoxy) is 2. The third-order valence-corrected chi connectivity index (χ3v) is 5.10. The molecule has 4 nitrogen and oxygen atoms in total. The molecule has 1 aliphatic rings. The minimum Gasteiger partial charge on any atom is -0.493 e. The number of aliphatic hydroxyl groups excluding tert-OH is 1. The van der Waals surface area contributed by atoms with Crippen LogP contribution in [0.15, 0.2) is 12.1 Å². The standard InChI is InChI=1S/C21H35NO3/c1-14(2)9-15(3)13-22-8-7-17-11-20(24-5)21(25-6)12-18(17)19(22)10-16(4)23/h11-12,14-16,19,23H,7-10,13H2,1-6H3/t15-,16+,19-/m1/s1. The molecule has 0 radical (unpaired) electrons. The fraction of sp³-hybridized carbons (Fsp3) is 0.714. The third kappa shape index (κ3) is 5.11. The lowest BCUT2D eigenvalue weighted by atomic mass is 9.87. The summed E-state index contributed by atoms with van der Waals surface area (Å²) in [5.41, 5.74) is 2.60. The molecule has 1 N–H and O–H groups in total. The Kier molecular flexibility index (Phi) is 7.14. The number of benzene rings is 1. The Morgan fingerprint density at radius 3 is 2.32 bits per heavy atom. The summed E-state index contributed by atoms with van der Waals surface area (Å²) >= 11 is 0. The summed E-state index contributed by atoms with van der Waals surface area (Å²) in [6, 6.07) is 4.46. The van der Waals surface area contributed by atoms with E-state index in [4.69, 9.17) is 9.47 Å². The van der Waals surface area contributed by atoms with Gasteiger partial charge < -0.3 is 14.6 Å². The van der Waals surface area contributed by atoms with Gasteiger partial charge in [0.25, 0.3) is 0 Å². The van der Waals surface area contributed by atoms with Crippen molar-refractivity contribution in [2.75, 3.05) is 27.3 Å². The molecule has 1 heterocycles. The van der Waals surface area contributed by atoms with E-state index in [-0.39, 0.29) is 12.1 Å². The highest BCUT2D eigenvalue weighted by atomic mass is 16.5. The molecule has 0 saturated heterocycles. The van der Waals surface area contributed by atoms with E-state index in [1.165, 1.54) is 17.5 Å². The zero-order valence-electron chi connectivity index (χ0n) is 16.7. The molecule has 2 rings (SSSR count). The van der Waals surface area contributed by atoms with Crippen molar-refractivity contribution in [1.29, 1.82) is 0 Å². The zero-order valence-corrected chi connectivity index (χ0v) is 16.7. The Morgan fingerprint density at radius 1 is 1.12 bits per heavy atom. The fourth-order valence-corrected chi connectivity index (χ4v) is 4.18. The molecule has 3 atom stereocenters. The maximum Gasteiger partial charge on any atom is 0.161 e. The second kappa shape index (κ2) is 8.91. The minimum absolute atomic E-state index is 0.234. The van der Waals surface area contributed by atoms with Crippen LogP contribution in [-0.4, -0.2) is 43.4 Å². The van der Waals surface area contributed by atoms with Gasteiger partial charge in [0, 0.05) is 19.1 Å². The number of hydrogen-bond acceptors (Lipinski definition) is 4. The number of aliphatic hydroxyl groups is 1. The van der Waals surface area contributed by atoms with E-state index in [1.807, 2.05) is 6.92 Å². The molecule has 4 heteroatoms. The van der Waals surface area contributed by atoms with Gasteiger partial charge in [0.15, 0.2) is 11.5 Å². The normalized spacial score (nSPS) is 20.2. The number of fused-ring (bicyclic) bond motifs is 1. The molecular formula is C21H35NO3. The summed E-state index contributed by atoms with van der Waals surface area (Å²) in [5, 5.41) is 10.1. The lowest BCUT2D eigenvalue weighted by Crippen LogP contribution is -2.39. The van der Waals surface area contributed by atoms with Crippen LogP contribution in [0.3, 0.4) is 0 Å². The van der Waals surface area contributed by atoms with Crippen molar-refractivity contribution in [2.24, 2.45) is 11.8 Å². The zero-order chi connectivity index (χ0) is 18.6. The topological polar surface area (TPSA) is 41.9 Å². The van der Waals surface area contributed by atoms with Crippen molar-refractivity contribution in [3.63, 3.8) is 0 Å². The molecule has 142 valence electrons. The quantitative estimate of drug-likeness (QED) is 0.768. The van der Waals surface area contributed by atoms with Gasteiger partial charge in [-0.3, -0.25) is 4.90 Å². The van der Waals surface area contributed by atoms with E-state index in [1.54, 1.807) is 14.2 Å². The molecule has 1 aromatic rings. The van der Waals surface area contributed by atoms with Gasteiger partial charge in [-0.15, -0.1) is 0 Å². The average molecular weight is 350 g/mol. The van der Waals surface area contributed by atoms with E-state index in [0.717, 1.165) is 37.4 Å². The van der Waals surface area contributed by atoms with Crippen LogP contribution in [-0.2, 0) is 6.42 Å². The molecule has 25 heavy (non-hydrogen) atoms. The van der Waals surface area contributed by atoms with Crippen LogP contribution in [0.25, 0.3) is 0 Å². The fourth-order valence-electron chi connectivity index (χ4n) is 4.18. The second-order valence-corrected chi connectivity index (χ2v) is 7.99. The molecule has 1 aliphatic heterocycles. The van der Waals surface area contributed by atoms with Crippen LogP contribution < -0.4 is 9.47 Å². The number of hydrogen-bond donors (Lipinski definition) is 1. The maximum atomic E-state index is 10.1. The van der Waals surface area contributed by atoms with Crippen molar-refractivity contribution in [3.8, 4) is 11.5 Å². The van der Waals surface area contributed by atoms with Gasteiger partial charge in [0.05, 0.1) is 20.3 Å². The monoisotopic (exact) mass is 349 g/mol. The van der Waals surface area contributed by atoms with Gasteiger partial charge in [0.2, 0.25) is 0 Å². The smallest absolute Gasteiger partial charge is 0.161 e. The van der Waals surface area contributed by atoms with Crippen LogP contribution in [0.2, 0.25) is 0 Å². The Labute approximate surface area is 153 Å². The van der Waals surface area contributed by atoms with E-state index in [9.17, 15) is 5.11 Å². The first-order chi connectivity index (χ1) is 11.8. The van der Waals surface area contributed by atoms with Crippen molar-refractivity contribution in [2.45, 2.75) is 59.1 Å². The molecule has 0 unspecified atom stereocenters. The number of nitrogens with zero attached hydrogens (tertiary/aromatic N) is 1. The van der Waals surface area contributed by atoms with Crippen LogP contribution in [0.4, 0.5) is 0 Å². The molecule has 0 aliphatic carbocycles. The molecule has 0 aromatic heterocycles. The Morgan fingerprint density at radius 2 is 1.76 bits per heavy atom. The second-order valence-electron chi connectivity index (χ2n) is 7.99. The summed E-state index contributed by atoms with van der Waals surface area (Å²) in [5.74, 6) is 2.93. The highest BCUT2D eigenvalue weighted by Gasteiger charge is 2.30. The highest BCUT2D eigenvalue weighted by Crippen LogP contribution is 2.40. The lowest BCUT2D eigenvalue weighted by Gasteiger charge is -2.40. The first-order valence-corrected chi connectivity index (χ1v) is 9.52. The van der Waals surface area contributed by atoms with Gasteiger partial charge in [-0.25, -0.2) is 0 Å². The molecule has 0 saturated carbocycles. The third-order valence-electron chi connectivity index (χ3n) is 5.10. The lowest BCUT2D eigenvalue weighted by molar-refractivity contribution is 0.0921. The van der Waals surface area contributed by atoms with E-state index < -0.39 is 0 Å². The van der Waals surface area contributed by atoms with Gasteiger partial charge in [-0.2, -0.15) is 0 Å². The molecular weight excluding hydrogens is 314 g/mol. The summed E-state index contributed by atoms with van der Waals surface area (Å²) in [6.07, 6.45) is 2.67. The number of rotatable bonds is 8. The largest absolute Gasteiger partial charge is 0.493 e. The highest BCUT2D eigenvalue weighted by molar-refractivity contribution is 5.49. The van der Waals surface area contributed by atoms with Crippen LogP contribution in [0, 0.1) is 11.8 Å². The first kappa shape index (κ1) is 20.1. The van der Waals surface area contributed by atoms with E-state index in [2.05, 4.69) is 37.8 Å². The van der Waals surface area contributed by atoms with Crippen molar-refractivity contribution in [1.82, 2.24) is 4.90 Å². The van der Waals surface area contributed by atoms with Crippen molar-refractivity contribution < 1.29 is 14.6 Å². The Hall–Kier alpha value is -1.26. The van der Waals surface area contributed by atoms with E-state index in [0.29, 0.717) is 11.8 Å². The van der Waals surface area contributed by atoms with Crippen LogP contribution in [0.1, 0.15) is 57.7 Å². The van der Waals surface area contributed by atoms with Gasteiger partial charge in [-0.05, 0) is 61.3 Å². The molecule has 1 aromatic carbocycles. The molecule has 0 fully saturated rings. The SMILES string of the molecule is COc1cc2c(cc1OC)[C@@H](C[C@H](C)O)N(C[C@H](C)CC(C)C)CC2. The number of methoxy groups -OCH3 is 2. The van der Waals surface area contributed by atoms with Crippen LogP contribution >= 0.6 is 0 Å². The average Bonchev–Trinajstić information content (AvgIpc) is 2.54. The maximum absolute atomic E-state index is 10.1. The van der Waals surface area contributed by atoms with Gasteiger partial charge in [0.1, 0.15) is 0 Å². The predicted molar refractivity (Wildman–Crippen MR) is 102 cm³/mol. The Balaban J connectivity index is 2.30. The summed E-state index contributed by atoms with van der Waals surface area (Å²) in [4.78, 5) is 2.55. The summed E-state index contributed by atoms with van der Waals surface area (Å²) in [7, 11) is 3.36. The van der Waals surface area contributed by atoms with Gasteiger partial charge >= 0.3 is 0 Å². The predicted octanol–water partition coefficient (Wildman–Crippen LogP) is 4.06. The first-order valence-electron chi connectivity index (χ1n) is 9.52. The molecule has 0 amide bonds. The summed E-state index contributed by atoms with van der Waals surface area (Å²) in [6.45, 7) is 10.9. The molecule has 0 spiro atoms. The van der Waals surface area contributed by atoms with Crippen molar-refractivity contribution in [3.05, 3.63) is 23.3 Å². The minimum atomic E-state index is -0.327. The van der Waals surface area contributed by atoms with Crippen LogP contribution in [0.5, 0.6) is 11.5 Å².